The Hall–Kier alpha value is -1.97. The highest BCUT2D eigenvalue weighted by Gasteiger charge is 1.99. The number of pyridine rings is 1. The zero-order valence-electron chi connectivity index (χ0n) is 9.44. The van der Waals surface area contributed by atoms with Crippen molar-refractivity contribution in [1.29, 1.82) is 0 Å². The fourth-order valence-corrected chi connectivity index (χ4v) is 1.43. The molecule has 2 aromatic heterocycles. The highest BCUT2D eigenvalue weighted by Crippen LogP contribution is 2.07. The topological polar surface area (TPSA) is 50.7 Å². The van der Waals surface area contributed by atoms with E-state index in [4.69, 9.17) is 0 Å². The molecule has 0 fully saturated rings. The van der Waals surface area contributed by atoms with Crippen LogP contribution in [0.4, 0.5) is 5.82 Å². The van der Waals surface area contributed by atoms with Crippen LogP contribution in [0.2, 0.25) is 0 Å². The third-order valence-electron chi connectivity index (χ3n) is 2.36. The number of aryl methyl sites for hydroxylation is 2. The van der Waals surface area contributed by atoms with Crippen LogP contribution in [0.25, 0.3) is 0 Å². The van der Waals surface area contributed by atoms with E-state index in [1.807, 2.05) is 19.1 Å². The van der Waals surface area contributed by atoms with Gasteiger partial charge in [0.05, 0.1) is 12.2 Å². The van der Waals surface area contributed by atoms with Crippen LogP contribution in [-0.2, 0) is 6.54 Å². The molecule has 0 aliphatic carbocycles. The first-order valence-corrected chi connectivity index (χ1v) is 5.19. The Balaban J connectivity index is 2.05. The molecule has 16 heavy (non-hydrogen) atoms. The summed E-state index contributed by atoms with van der Waals surface area (Å²) in [5, 5.41) is 3.23. The first-order valence-electron chi connectivity index (χ1n) is 5.19. The second-order valence-corrected chi connectivity index (χ2v) is 3.67. The Labute approximate surface area is 94.8 Å². The average molecular weight is 214 g/mol. The number of aromatic nitrogens is 3. The molecule has 0 amide bonds. The Morgan fingerprint density at radius 1 is 1.19 bits per heavy atom. The van der Waals surface area contributed by atoms with Crippen molar-refractivity contribution in [3.63, 3.8) is 0 Å². The number of rotatable bonds is 3. The van der Waals surface area contributed by atoms with Gasteiger partial charge in [0.25, 0.3) is 0 Å². The van der Waals surface area contributed by atoms with E-state index in [-0.39, 0.29) is 0 Å². The lowest BCUT2D eigenvalue weighted by molar-refractivity contribution is 0.992. The van der Waals surface area contributed by atoms with Crippen molar-refractivity contribution in [3.05, 3.63) is 47.7 Å². The van der Waals surface area contributed by atoms with Crippen LogP contribution >= 0.6 is 0 Å². The lowest BCUT2D eigenvalue weighted by atomic mass is 10.2. The van der Waals surface area contributed by atoms with E-state index < -0.39 is 0 Å². The van der Waals surface area contributed by atoms with E-state index in [1.165, 1.54) is 5.56 Å². The fourth-order valence-electron chi connectivity index (χ4n) is 1.43. The van der Waals surface area contributed by atoms with E-state index >= 15 is 0 Å². The van der Waals surface area contributed by atoms with Gasteiger partial charge in [0.15, 0.2) is 0 Å². The van der Waals surface area contributed by atoms with Gasteiger partial charge in [0, 0.05) is 18.0 Å². The summed E-state index contributed by atoms with van der Waals surface area (Å²) in [6.07, 6.45) is 3.36. The maximum absolute atomic E-state index is 4.31. The highest BCUT2D eigenvalue weighted by atomic mass is 15.0. The Bertz CT molecular complexity index is 482. The summed E-state index contributed by atoms with van der Waals surface area (Å²) in [5.74, 6) is 0.831. The summed E-state index contributed by atoms with van der Waals surface area (Å²) in [5.41, 5.74) is 3.18. The maximum Gasteiger partial charge on any atom is 0.129 e. The first-order chi connectivity index (χ1) is 7.75. The summed E-state index contributed by atoms with van der Waals surface area (Å²) >= 11 is 0. The van der Waals surface area contributed by atoms with E-state index in [2.05, 4.69) is 33.3 Å². The van der Waals surface area contributed by atoms with Crippen molar-refractivity contribution in [2.75, 3.05) is 5.32 Å². The fraction of sp³-hybridized carbons (Fsp3) is 0.250. The predicted molar refractivity (Wildman–Crippen MR) is 63.1 cm³/mol. The Morgan fingerprint density at radius 3 is 2.81 bits per heavy atom. The molecule has 82 valence electrons. The molecule has 0 aliphatic heterocycles. The Kier molecular flexibility index (Phi) is 3.10. The molecule has 4 heteroatoms. The van der Waals surface area contributed by atoms with E-state index in [0.717, 1.165) is 17.2 Å². The highest BCUT2D eigenvalue weighted by molar-refractivity contribution is 5.35. The molecule has 0 aromatic carbocycles. The van der Waals surface area contributed by atoms with Crippen LogP contribution in [-0.4, -0.2) is 15.0 Å². The van der Waals surface area contributed by atoms with Crippen molar-refractivity contribution < 1.29 is 0 Å². The lowest BCUT2D eigenvalue weighted by Crippen LogP contribution is -2.05. The molecule has 0 bridgehead atoms. The van der Waals surface area contributed by atoms with Crippen molar-refractivity contribution in [2.24, 2.45) is 0 Å². The molecule has 1 N–H and O–H groups in total. The first kappa shape index (κ1) is 10.5. The summed E-state index contributed by atoms with van der Waals surface area (Å²) in [7, 11) is 0. The normalized spacial score (nSPS) is 10.1. The molecule has 0 radical (unpaired) electrons. The van der Waals surface area contributed by atoms with Gasteiger partial charge in [-0.05, 0) is 25.5 Å². The van der Waals surface area contributed by atoms with Crippen molar-refractivity contribution >= 4 is 5.82 Å². The number of hydrogen-bond acceptors (Lipinski definition) is 4. The minimum Gasteiger partial charge on any atom is -0.364 e. The molecule has 0 unspecified atom stereocenters. The standard InChI is InChI=1S/C12H14N4/c1-9-4-3-5-13-11(9)7-14-12-6-10(2)15-8-16-12/h3-6,8H,7H2,1-2H3,(H,14,15,16). The summed E-state index contributed by atoms with van der Waals surface area (Å²) < 4.78 is 0. The molecule has 2 aromatic rings. The van der Waals surface area contributed by atoms with Gasteiger partial charge in [0.1, 0.15) is 12.1 Å². The van der Waals surface area contributed by atoms with E-state index in [9.17, 15) is 0 Å². The van der Waals surface area contributed by atoms with Gasteiger partial charge in [-0.25, -0.2) is 9.97 Å². The summed E-state index contributed by atoms with van der Waals surface area (Å²) in [4.78, 5) is 12.5. The SMILES string of the molecule is Cc1cc(NCc2ncccc2C)ncn1. The molecule has 4 nitrogen and oxygen atoms in total. The molecule has 2 heterocycles. The van der Waals surface area contributed by atoms with Crippen LogP contribution in [0.3, 0.4) is 0 Å². The van der Waals surface area contributed by atoms with Crippen LogP contribution < -0.4 is 5.32 Å². The van der Waals surface area contributed by atoms with Gasteiger partial charge in [-0.1, -0.05) is 6.07 Å². The smallest absolute Gasteiger partial charge is 0.129 e. The number of nitrogens with zero attached hydrogens (tertiary/aromatic N) is 3. The molecule has 0 spiro atoms. The molecule has 2 rings (SSSR count). The molecular formula is C12H14N4. The molecule has 0 atom stereocenters. The van der Waals surface area contributed by atoms with Crippen molar-refractivity contribution in [3.8, 4) is 0 Å². The minimum atomic E-state index is 0.684. The quantitative estimate of drug-likeness (QED) is 0.850. The van der Waals surface area contributed by atoms with E-state index in [0.29, 0.717) is 6.54 Å². The van der Waals surface area contributed by atoms with Crippen LogP contribution in [0.15, 0.2) is 30.7 Å². The third kappa shape index (κ3) is 2.53. The second kappa shape index (κ2) is 4.70. The summed E-state index contributed by atoms with van der Waals surface area (Å²) in [6.45, 7) is 4.68. The molecule has 0 saturated carbocycles. The van der Waals surface area contributed by atoms with Gasteiger partial charge in [-0.2, -0.15) is 0 Å². The van der Waals surface area contributed by atoms with Gasteiger partial charge in [-0.3, -0.25) is 4.98 Å². The van der Waals surface area contributed by atoms with Crippen molar-refractivity contribution in [2.45, 2.75) is 20.4 Å². The van der Waals surface area contributed by atoms with Gasteiger partial charge in [-0.15, -0.1) is 0 Å². The minimum absolute atomic E-state index is 0.684. The van der Waals surface area contributed by atoms with Gasteiger partial charge in [0.2, 0.25) is 0 Å². The zero-order chi connectivity index (χ0) is 11.4. The molecule has 0 aliphatic rings. The number of nitrogens with one attached hydrogen (secondary N) is 1. The number of hydrogen-bond donors (Lipinski definition) is 1. The zero-order valence-corrected chi connectivity index (χ0v) is 9.44. The number of anilines is 1. The van der Waals surface area contributed by atoms with Crippen LogP contribution in [0.1, 0.15) is 17.0 Å². The van der Waals surface area contributed by atoms with Gasteiger partial charge < -0.3 is 5.32 Å². The largest absolute Gasteiger partial charge is 0.364 e. The van der Waals surface area contributed by atoms with E-state index in [1.54, 1.807) is 12.5 Å². The molecular weight excluding hydrogens is 200 g/mol. The van der Waals surface area contributed by atoms with Crippen molar-refractivity contribution in [1.82, 2.24) is 15.0 Å². The average Bonchev–Trinajstić information content (AvgIpc) is 2.28. The molecule has 0 saturated heterocycles. The van der Waals surface area contributed by atoms with Crippen LogP contribution in [0.5, 0.6) is 0 Å². The predicted octanol–water partition coefficient (Wildman–Crippen LogP) is 2.10. The second-order valence-electron chi connectivity index (χ2n) is 3.67. The third-order valence-corrected chi connectivity index (χ3v) is 2.36. The van der Waals surface area contributed by atoms with Gasteiger partial charge >= 0.3 is 0 Å². The Morgan fingerprint density at radius 2 is 2.06 bits per heavy atom. The lowest BCUT2D eigenvalue weighted by Gasteiger charge is -2.07. The van der Waals surface area contributed by atoms with Crippen LogP contribution in [0, 0.1) is 13.8 Å². The summed E-state index contributed by atoms with van der Waals surface area (Å²) in [6, 6.07) is 5.90. The maximum atomic E-state index is 4.31. The monoisotopic (exact) mass is 214 g/mol.